The van der Waals surface area contributed by atoms with Crippen LogP contribution in [0.2, 0.25) is 0 Å². The van der Waals surface area contributed by atoms with Crippen molar-refractivity contribution in [2.24, 2.45) is 5.41 Å². The molecule has 1 aliphatic rings. The van der Waals surface area contributed by atoms with Gasteiger partial charge in [0, 0.05) is 18.0 Å². The normalized spacial score (nSPS) is 22.7. The number of benzene rings is 1. The fraction of sp³-hybridized carbons (Fsp3) is 0.480. The third kappa shape index (κ3) is 4.73. The van der Waals surface area contributed by atoms with Crippen LogP contribution in [0.3, 0.4) is 0 Å². The SMILES string of the molecule is CCC[C@]1(C)CCCC[C@H](N(C)c2cnc(-c3ccc(-c4ncc(C#N)s4)cc3O)nn2)[C@@H]1F. The van der Waals surface area contributed by atoms with Gasteiger partial charge in [-0.15, -0.1) is 21.5 Å². The maximum absolute atomic E-state index is 15.7. The Morgan fingerprint density at radius 3 is 2.74 bits per heavy atom. The minimum absolute atomic E-state index is 0.00275. The maximum atomic E-state index is 15.7. The first-order valence-electron chi connectivity index (χ1n) is 11.6. The average molecular weight is 481 g/mol. The van der Waals surface area contributed by atoms with E-state index in [2.05, 4.69) is 40.1 Å². The van der Waals surface area contributed by atoms with E-state index in [0.717, 1.165) is 38.5 Å². The van der Waals surface area contributed by atoms with E-state index >= 15 is 4.39 Å². The zero-order chi connectivity index (χ0) is 24.3. The molecule has 1 aromatic carbocycles. The first kappa shape index (κ1) is 24.0. The van der Waals surface area contributed by atoms with Crippen LogP contribution in [0.15, 0.2) is 30.6 Å². The predicted molar refractivity (Wildman–Crippen MR) is 131 cm³/mol. The highest BCUT2D eigenvalue weighted by Crippen LogP contribution is 2.42. The minimum Gasteiger partial charge on any atom is -0.507 e. The molecule has 3 aromatic rings. The summed E-state index contributed by atoms with van der Waals surface area (Å²) in [5.74, 6) is 0.795. The molecule has 7 nitrogen and oxygen atoms in total. The zero-order valence-corrected chi connectivity index (χ0v) is 20.5. The number of phenolic OH excluding ortho intramolecular Hbond substituents is 1. The first-order valence-corrected chi connectivity index (χ1v) is 12.4. The van der Waals surface area contributed by atoms with Crippen LogP contribution >= 0.6 is 11.3 Å². The number of alkyl halides is 1. The Morgan fingerprint density at radius 1 is 1.26 bits per heavy atom. The van der Waals surface area contributed by atoms with Crippen LogP contribution in [-0.2, 0) is 0 Å². The molecule has 9 heteroatoms. The number of nitriles is 1. The Morgan fingerprint density at radius 2 is 2.09 bits per heavy atom. The van der Waals surface area contributed by atoms with Gasteiger partial charge in [-0.25, -0.2) is 14.4 Å². The number of halogens is 1. The second kappa shape index (κ2) is 10.0. The Labute approximate surface area is 203 Å². The highest BCUT2D eigenvalue weighted by Gasteiger charge is 2.42. The van der Waals surface area contributed by atoms with E-state index in [1.165, 1.54) is 17.5 Å². The van der Waals surface area contributed by atoms with E-state index in [4.69, 9.17) is 5.26 Å². The van der Waals surface area contributed by atoms with Gasteiger partial charge in [-0.2, -0.15) is 5.26 Å². The molecule has 1 fully saturated rings. The number of phenols is 1. The number of rotatable bonds is 6. The van der Waals surface area contributed by atoms with Crippen molar-refractivity contribution in [2.45, 2.75) is 64.6 Å². The highest BCUT2D eigenvalue weighted by molar-refractivity contribution is 7.15. The summed E-state index contributed by atoms with van der Waals surface area (Å²) < 4.78 is 15.7. The van der Waals surface area contributed by atoms with Gasteiger partial charge in [-0.05, 0) is 31.4 Å². The van der Waals surface area contributed by atoms with Crippen LogP contribution in [0, 0.1) is 16.7 Å². The number of anilines is 1. The van der Waals surface area contributed by atoms with Crippen molar-refractivity contribution in [1.82, 2.24) is 20.2 Å². The molecule has 0 amide bonds. The van der Waals surface area contributed by atoms with Gasteiger partial charge in [-0.1, -0.05) is 39.2 Å². The number of thiazole rings is 1. The molecule has 3 atom stereocenters. The summed E-state index contributed by atoms with van der Waals surface area (Å²) in [6.07, 6.45) is 7.68. The van der Waals surface area contributed by atoms with Crippen LogP contribution in [0.4, 0.5) is 10.2 Å². The second-order valence-electron chi connectivity index (χ2n) is 9.24. The lowest BCUT2D eigenvalue weighted by Gasteiger charge is -2.39. The number of aromatic hydroxyl groups is 1. The zero-order valence-electron chi connectivity index (χ0n) is 19.7. The van der Waals surface area contributed by atoms with Gasteiger partial charge in [0.2, 0.25) is 0 Å². The summed E-state index contributed by atoms with van der Waals surface area (Å²) in [6.45, 7) is 4.18. The largest absolute Gasteiger partial charge is 0.507 e. The molecule has 34 heavy (non-hydrogen) atoms. The highest BCUT2D eigenvalue weighted by atomic mass is 32.1. The summed E-state index contributed by atoms with van der Waals surface area (Å²) >= 11 is 1.26. The average Bonchev–Trinajstić information content (AvgIpc) is 3.28. The molecule has 2 aromatic heterocycles. The van der Waals surface area contributed by atoms with E-state index in [1.807, 2.05) is 11.9 Å². The van der Waals surface area contributed by atoms with E-state index < -0.39 is 6.17 Å². The van der Waals surface area contributed by atoms with Gasteiger partial charge in [0.15, 0.2) is 11.6 Å². The number of nitrogens with zero attached hydrogens (tertiary/aromatic N) is 6. The molecule has 0 radical (unpaired) electrons. The molecule has 1 saturated carbocycles. The molecule has 0 unspecified atom stereocenters. The fourth-order valence-electron chi connectivity index (χ4n) is 4.89. The quantitative estimate of drug-likeness (QED) is 0.448. The molecule has 0 spiro atoms. The van der Waals surface area contributed by atoms with E-state index in [1.54, 1.807) is 24.4 Å². The van der Waals surface area contributed by atoms with Crippen molar-refractivity contribution in [3.8, 4) is 33.8 Å². The van der Waals surface area contributed by atoms with Crippen LogP contribution < -0.4 is 4.90 Å². The van der Waals surface area contributed by atoms with Crippen molar-refractivity contribution in [2.75, 3.05) is 11.9 Å². The monoisotopic (exact) mass is 480 g/mol. The van der Waals surface area contributed by atoms with Gasteiger partial charge in [0.1, 0.15) is 27.9 Å². The summed E-state index contributed by atoms with van der Waals surface area (Å²) in [6, 6.07) is 6.87. The van der Waals surface area contributed by atoms with Gasteiger partial charge < -0.3 is 10.0 Å². The number of aromatic nitrogens is 4. The Balaban J connectivity index is 1.54. The lowest BCUT2D eigenvalue weighted by molar-refractivity contribution is 0.0868. The summed E-state index contributed by atoms with van der Waals surface area (Å²) in [7, 11) is 1.86. The summed E-state index contributed by atoms with van der Waals surface area (Å²) in [4.78, 5) is 11.0. The topological polar surface area (TPSA) is 98.8 Å². The minimum atomic E-state index is -0.953. The van der Waals surface area contributed by atoms with Crippen molar-refractivity contribution < 1.29 is 9.50 Å². The van der Waals surface area contributed by atoms with E-state index in [0.29, 0.717) is 26.8 Å². The van der Waals surface area contributed by atoms with Crippen LogP contribution in [0.1, 0.15) is 57.2 Å². The molecule has 0 bridgehead atoms. The number of hydrogen-bond acceptors (Lipinski definition) is 8. The summed E-state index contributed by atoms with van der Waals surface area (Å²) in [5.41, 5.74) is 0.814. The molecular formula is C25H29FN6OS. The van der Waals surface area contributed by atoms with Crippen molar-refractivity contribution in [1.29, 1.82) is 5.26 Å². The Bertz CT molecular complexity index is 1180. The second-order valence-corrected chi connectivity index (χ2v) is 10.3. The molecule has 2 heterocycles. The Hall–Kier alpha value is -3.12. The van der Waals surface area contributed by atoms with Gasteiger partial charge in [0.05, 0.1) is 24.0 Å². The molecule has 1 N–H and O–H groups in total. The van der Waals surface area contributed by atoms with Crippen molar-refractivity contribution in [3.05, 3.63) is 35.5 Å². The first-order chi connectivity index (χ1) is 16.4. The van der Waals surface area contributed by atoms with Crippen LogP contribution in [-0.4, -0.2) is 44.5 Å². The number of hydrogen-bond donors (Lipinski definition) is 1. The third-order valence-electron chi connectivity index (χ3n) is 6.83. The lowest BCUT2D eigenvalue weighted by Crippen LogP contribution is -2.46. The third-order valence-corrected chi connectivity index (χ3v) is 7.78. The van der Waals surface area contributed by atoms with E-state index in [9.17, 15) is 5.11 Å². The molecule has 178 valence electrons. The van der Waals surface area contributed by atoms with Crippen molar-refractivity contribution in [3.63, 3.8) is 0 Å². The smallest absolute Gasteiger partial charge is 0.185 e. The molecule has 0 saturated heterocycles. The maximum Gasteiger partial charge on any atom is 0.185 e. The molecule has 4 rings (SSSR count). The molecule has 1 aliphatic carbocycles. The summed E-state index contributed by atoms with van der Waals surface area (Å²) in [5, 5.41) is 28.7. The van der Waals surface area contributed by atoms with Gasteiger partial charge in [0.25, 0.3) is 0 Å². The molecular weight excluding hydrogens is 451 g/mol. The van der Waals surface area contributed by atoms with E-state index in [-0.39, 0.29) is 23.0 Å². The van der Waals surface area contributed by atoms with Gasteiger partial charge in [-0.3, -0.25) is 0 Å². The van der Waals surface area contributed by atoms with Gasteiger partial charge >= 0.3 is 0 Å². The molecule has 0 aliphatic heterocycles. The van der Waals surface area contributed by atoms with Crippen molar-refractivity contribution >= 4 is 17.2 Å². The Kier molecular flexibility index (Phi) is 7.08. The van der Waals surface area contributed by atoms with Crippen LogP contribution in [0.5, 0.6) is 5.75 Å². The fourth-order valence-corrected chi connectivity index (χ4v) is 5.60. The van der Waals surface area contributed by atoms with Crippen LogP contribution in [0.25, 0.3) is 22.0 Å². The standard InChI is InChI=1S/C25H29FN6OS/c1-4-10-25(2)11-6-5-7-19(22(25)26)32(3)21-15-28-23(31-30-21)18-9-8-16(12-20(18)33)24-29-14-17(13-27)34-24/h8-9,12,14-15,19,22,33H,4-7,10-11H2,1-3H3/t19-,22-,25+/m0/s1. The predicted octanol–water partition coefficient (Wildman–Crippen LogP) is 5.76. The lowest BCUT2D eigenvalue weighted by atomic mass is 9.76.